The summed E-state index contributed by atoms with van der Waals surface area (Å²) in [7, 11) is 0. The van der Waals surface area contributed by atoms with Crippen molar-refractivity contribution in [2.24, 2.45) is 5.92 Å². The minimum Gasteiger partial charge on any atom is -0.490 e. The van der Waals surface area contributed by atoms with Crippen molar-refractivity contribution in [1.29, 1.82) is 0 Å². The molecule has 0 unspecified atom stereocenters. The van der Waals surface area contributed by atoms with E-state index in [1.165, 1.54) is 0 Å². The van der Waals surface area contributed by atoms with Gasteiger partial charge in [0.2, 0.25) is 0 Å². The van der Waals surface area contributed by atoms with Gasteiger partial charge in [0.25, 0.3) is 0 Å². The molecule has 0 aromatic heterocycles. The highest BCUT2D eigenvalue weighted by Crippen LogP contribution is 2.21. The first-order valence-corrected chi connectivity index (χ1v) is 6.38. The van der Waals surface area contributed by atoms with Crippen LogP contribution < -0.4 is 4.74 Å². The van der Waals surface area contributed by atoms with E-state index in [-0.39, 0.29) is 0 Å². The summed E-state index contributed by atoms with van der Waals surface area (Å²) in [6, 6.07) is 5.35. The third kappa shape index (κ3) is 5.33. The zero-order valence-electron chi connectivity index (χ0n) is 10.1. The van der Waals surface area contributed by atoms with Gasteiger partial charge in [-0.3, -0.25) is 4.79 Å². The summed E-state index contributed by atoms with van der Waals surface area (Å²) in [6.45, 7) is 5.91. The van der Waals surface area contributed by atoms with Crippen LogP contribution in [0.2, 0.25) is 0 Å². The minimum absolute atomic E-state index is 0.454. The summed E-state index contributed by atoms with van der Waals surface area (Å²) in [6.07, 6.45) is 0.787. The van der Waals surface area contributed by atoms with Crippen LogP contribution >= 0.6 is 15.9 Å². The van der Waals surface area contributed by atoms with Crippen molar-refractivity contribution in [1.82, 2.24) is 0 Å². The van der Waals surface area contributed by atoms with E-state index in [1.54, 1.807) is 12.1 Å². The van der Waals surface area contributed by atoms with Gasteiger partial charge in [-0.25, -0.2) is 0 Å². The smallest absolute Gasteiger partial charge is 0.153 e. The SMILES string of the molecule is CC(C)COCCOc1ccc(Br)cc1C=O. The molecule has 0 heterocycles. The molecule has 0 spiro atoms. The number of ether oxygens (including phenoxy) is 2. The Hall–Kier alpha value is -0.870. The van der Waals surface area contributed by atoms with Crippen molar-refractivity contribution >= 4 is 22.2 Å². The molecule has 17 heavy (non-hydrogen) atoms. The second kappa shape index (κ2) is 7.45. The molecule has 94 valence electrons. The average Bonchev–Trinajstić information content (AvgIpc) is 2.29. The Bertz CT molecular complexity index is 364. The standard InChI is InChI=1S/C13H17BrO3/c1-10(2)9-16-5-6-17-13-4-3-12(14)7-11(13)8-15/h3-4,7-8,10H,5-6,9H2,1-2H3. The molecule has 1 aromatic rings. The number of hydrogen-bond acceptors (Lipinski definition) is 3. The van der Waals surface area contributed by atoms with Crippen LogP contribution in [-0.2, 0) is 4.74 Å². The predicted octanol–water partition coefficient (Wildman–Crippen LogP) is 3.31. The van der Waals surface area contributed by atoms with Gasteiger partial charge in [0.05, 0.1) is 12.2 Å². The molecule has 0 saturated heterocycles. The third-order valence-corrected chi connectivity index (χ3v) is 2.53. The Labute approximate surface area is 110 Å². The zero-order valence-corrected chi connectivity index (χ0v) is 11.7. The van der Waals surface area contributed by atoms with Gasteiger partial charge in [0, 0.05) is 11.1 Å². The van der Waals surface area contributed by atoms with Gasteiger partial charge in [-0.1, -0.05) is 29.8 Å². The normalized spacial score (nSPS) is 10.6. The molecule has 0 N–H and O–H groups in total. The highest BCUT2D eigenvalue weighted by molar-refractivity contribution is 9.10. The molecule has 0 amide bonds. The van der Waals surface area contributed by atoms with Crippen molar-refractivity contribution in [3.8, 4) is 5.75 Å². The van der Waals surface area contributed by atoms with Crippen molar-refractivity contribution in [3.63, 3.8) is 0 Å². The maximum atomic E-state index is 10.8. The molecule has 0 radical (unpaired) electrons. The van der Waals surface area contributed by atoms with E-state index in [4.69, 9.17) is 9.47 Å². The molecule has 3 nitrogen and oxygen atoms in total. The van der Waals surface area contributed by atoms with Gasteiger partial charge < -0.3 is 9.47 Å². The number of aldehydes is 1. The summed E-state index contributed by atoms with van der Waals surface area (Å²) in [5.74, 6) is 1.12. The average molecular weight is 301 g/mol. The topological polar surface area (TPSA) is 35.5 Å². The Balaban J connectivity index is 2.38. The molecule has 0 atom stereocenters. The van der Waals surface area contributed by atoms with Gasteiger partial charge in [0.1, 0.15) is 12.4 Å². The minimum atomic E-state index is 0.454. The summed E-state index contributed by atoms with van der Waals surface area (Å²) >= 11 is 3.31. The first kappa shape index (κ1) is 14.2. The molecule has 0 aliphatic carbocycles. The van der Waals surface area contributed by atoms with Gasteiger partial charge >= 0.3 is 0 Å². The van der Waals surface area contributed by atoms with Crippen LogP contribution in [-0.4, -0.2) is 26.1 Å². The van der Waals surface area contributed by atoms with Crippen molar-refractivity contribution in [3.05, 3.63) is 28.2 Å². The van der Waals surface area contributed by atoms with Gasteiger partial charge in [-0.2, -0.15) is 0 Å². The molecule has 1 rings (SSSR count). The largest absolute Gasteiger partial charge is 0.490 e. The van der Waals surface area contributed by atoms with E-state index < -0.39 is 0 Å². The number of benzene rings is 1. The fourth-order valence-corrected chi connectivity index (χ4v) is 1.65. The summed E-state index contributed by atoms with van der Waals surface area (Å²) in [5.41, 5.74) is 0.545. The second-order valence-electron chi connectivity index (χ2n) is 4.12. The van der Waals surface area contributed by atoms with E-state index in [2.05, 4.69) is 29.8 Å². The zero-order chi connectivity index (χ0) is 12.7. The summed E-state index contributed by atoms with van der Waals surface area (Å²) in [5, 5.41) is 0. The lowest BCUT2D eigenvalue weighted by Crippen LogP contribution is -2.10. The Kier molecular flexibility index (Phi) is 6.22. The highest BCUT2D eigenvalue weighted by atomic mass is 79.9. The lowest BCUT2D eigenvalue weighted by atomic mass is 10.2. The van der Waals surface area contributed by atoms with Crippen LogP contribution in [0.3, 0.4) is 0 Å². The number of rotatable bonds is 7. The summed E-state index contributed by atoms with van der Waals surface area (Å²) in [4.78, 5) is 10.8. The molecule has 0 fully saturated rings. The van der Waals surface area contributed by atoms with E-state index in [9.17, 15) is 4.79 Å². The first-order valence-electron chi connectivity index (χ1n) is 5.58. The van der Waals surface area contributed by atoms with Crippen molar-refractivity contribution < 1.29 is 14.3 Å². The van der Waals surface area contributed by atoms with Crippen molar-refractivity contribution in [2.75, 3.05) is 19.8 Å². The fraction of sp³-hybridized carbons (Fsp3) is 0.462. The Morgan fingerprint density at radius 1 is 1.35 bits per heavy atom. The van der Waals surface area contributed by atoms with Gasteiger partial charge in [-0.15, -0.1) is 0 Å². The molecule has 0 saturated carbocycles. The number of halogens is 1. The van der Waals surface area contributed by atoms with E-state index in [0.717, 1.165) is 17.4 Å². The van der Waals surface area contributed by atoms with Crippen molar-refractivity contribution in [2.45, 2.75) is 13.8 Å². The quantitative estimate of drug-likeness (QED) is 0.572. The molecule has 1 aromatic carbocycles. The first-order chi connectivity index (χ1) is 8.13. The third-order valence-electron chi connectivity index (χ3n) is 2.04. The molecule has 0 aliphatic heterocycles. The molecule has 0 bridgehead atoms. The highest BCUT2D eigenvalue weighted by Gasteiger charge is 2.03. The molecule has 0 aliphatic rings. The predicted molar refractivity (Wildman–Crippen MR) is 70.7 cm³/mol. The van der Waals surface area contributed by atoms with Crippen LogP contribution in [0.4, 0.5) is 0 Å². The van der Waals surface area contributed by atoms with Crippen LogP contribution in [0, 0.1) is 5.92 Å². The number of carbonyl (C=O) groups is 1. The van der Waals surface area contributed by atoms with Crippen LogP contribution in [0.1, 0.15) is 24.2 Å². The maximum absolute atomic E-state index is 10.8. The van der Waals surface area contributed by atoms with E-state index >= 15 is 0 Å². The fourth-order valence-electron chi connectivity index (χ4n) is 1.27. The van der Waals surface area contributed by atoms with Crippen LogP contribution in [0.25, 0.3) is 0 Å². The van der Waals surface area contributed by atoms with Crippen LogP contribution in [0.5, 0.6) is 5.75 Å². The maximum Gasteiger partial charge on any atom is 0.153 e. The number of hydrogen-bond donors (Lipinski definition) is 0. The van der Waals surface area contributed by atoms with E-state index in [0.29, 0.717) is 30.4 Å². The molecule has 4 heteroatoms. The van der Waals surface area contributed by atoms with Crippen LogP contribution in [0.15, 0.2) is 22.7 Å². The Morgan fingerprint density at radius 3 is 2.76 bits per heavy atom. The lowest BCUT2D eigenvalue weighted by Gasteiger charge is -2.10. The monoisotopic (exact) mass is 300 g/mol. The number of carbonyl (C=O) groups excluding carboxylic acids is 1. The summed E-state index contributed by atoms with van der Waals surface area (Å²) < 4.78 is 11.7. The second-order valence-corrected chi connectivity index (χ2v) is 5.03. The lowest BCUT2D eigenvalue weighted by molar-refractivity contribution is 0.0814. The Morgan fingerprint density at radius 2 is 2.12 bits per heavy atom. The molecular weight excluding hydrogens is 284 g/mol. The van der Waals surface area contributed by atoms with E-state index in [1.807, 2.05) is 6.07 Å². The van der Waals surface area contributed by atoms with Gasteiger partial charge in [-0.05, 0) is 24.1 Å². The molecular formula is C13H17BrO3. The van der Waals surface area contributed by atoms with Gasteiger partial charge in [0.15, 0.2) is 6.29 Å².